The molecule has 0 radical (unpaired) electrons. The van der Waals surface area contributed by atoms with Crippen LogP contribution in [0.1, 0.15) is 24.0 Å². The molecule has 2 aromatic rings. The number of likely N-dealkylation sites (tertiary alicyclic amines) is 1. The lowest BCUT2D eigenvalue weighted by molar-refractivity contribution is -0.149. The lowest BCUT2D eigenvalue weighted by Crippen LogP contribution is -2.57. The van der Waals surface area contributed by atoms with Crippen molar-refractivity contribution in [3.8, 4) is 0 Å². The van der Waals surface area contributed by atoms with Crippen LogP contribution in [-0.2, 0) is 23.2 Å². The van der Waals surface area contributed by atoms with Gasteiger partial charge in [-0.15, -0.1) is 0 Å². The predicted octanol–water partition coefficient (Wildman–Crippen LogP) is 1.32. The monoisotopic (exact) mass is 395 g/mol. The zero-order chi connectivity index (χ0) is 20.5. The summed E-state index contributed by atoms with van der Waals surface area (Å²) >= 11 is 0. The minimum atomic E-state index is -0.165. The van der Waals surface area contributed by atoms with Crippen molar-refractivity contribution in [2.24, 2.45) is 13.0 Å². The van der Waals surface area contributed by atoms with Gasteiger partial charge >= 0.3 is 0 Å². The van der Waals surface area contributed by atoms with Crippen LogP contribution in [0.25, 0.3) is 0 Å². The van der Waals surface area contributed by atoms with E-state index in [1.165, 1.54) is 5.56 Å². The normalized spacial score (nSPS) is 25.6. The quantitative estimate of drug-likeness (QED) is 0.784. The standard InChI is InChI=1S/C22H29N5O2/c1-16-10-24(2)21(28)15-27(16)22(29)20-14-26(11-17-7-5-4-6-8-17)13-19(20)18-9-23-25(3)12-18/h4-9,12,16,19-20H,10-11,13-15H2,1-3H3/t16?,19-,20+/m0/s1. The number of hydrogen-bond acceptors (Lipinski definition) is 4. The highest BCUT2D eigenvalue weighted by Crippen LogP contribution is 2.35. The number of aryl methyl sites for hydroxylation is 1. The minimum Gasteiger partial charge on any atom is -0.342 e. The number of nitrogens with zero attached hydrogens (tertiary/aromatic N) is 5. The number of amides is 2. The fourth-order valence-electron chi connectivity index (χ4n) is 4.60. The second-order valence-electron chi connectivity index (χ2n) is 8.43. The second kappa shape index (κ2) is 7.99. The van der Waals surface area contributed by atoms with Gasteiger partial charge in [-0.3, -0.25) is 19.2 Å². The molecule has 7 heteroatoms. The molecule has 1 unspecified atom stereocenters. The molecule has 1 aromatic carbocycles. The van der Waals surface area contributed by atoms with Gasteiger partial charge in [0.05, 0.1) is 12.1 Å². The Morgan fingerprint density at radius 2 is 1.90 bits per heavy atom. The third kappa shape index (κ3) is 4.05. The molecular weight excluding hydrogens is 366 g/mol. The van der Waals surface area contributed by atoms with E-state index in [9.17, 15) is 9.59 Å². The number of rotatable bonds is 4. The Kier molecular flexibility index (Phi) is 5.41. The summed E-state index contributed by atoms with van der Waals surface area (Å²) in [7, 11) is 3.70. The highest BCUT2D eigenvalue weighted by atomic mass is 16.2. The van der Waals surface area contributed by atoms with Crippen LogP contribution in [0.3, 0.4) is 0 Å². The number of hydrogen-bond donors (Lipinski definition) is 0. The predicted molar refractivity (Wildman–Crippen MR) is 110 cm³/mol. The van der Waals surface area contributed by atoms with Crippen LogP contribution >= 0.6 is 0 Å². The first-order valence-corrected chi connectivity index (χ1v) is 10.2. The Labute approximate surface area is 171 Å². The highest BCUT2D eigenvalue weighted by Gasteiger charge is 2.43. The third-order valence-corrected chi connectivity index (χ3v) is 6.20. The maximum Gasteiger partial charge on any atom is 0.242 e. The maximum atomic E-state index is 13.6. The molecule has 154 valence electrons. The Morgan fingerprint density at radius 3 is 2.59 bits per heavy atom. The van der Waals surface area contributed by atoms with E-state index >= 15 is 0 Å². The van der Waals surface area contributed by atoms with Gasteiger partial charge in [0.25, 0.3) is 0 Å². The maximum absolute atomic E-state index is 13.6. The van der Waals surface area contributed by atoms with Crippen molar-refractivity contribution < 1.29 is 9.59 Å². The molecule has 7 nitrogen and oxygen atoms in total. The van der Waals surface area contributed by atoms with Crippen molar-refractivity contribution >= 4 is 11.8 Å². The van der Waals surface area contributed by atoms with Crippen LogP contribution in [-0.4, -0.2) is 75.6 Å². The van der Waals surface area contributed by atoms with E-state index in [0.717, 1.165) is 18.7 Å². The van der Waals surface area contributed by atoms with Gasteiger partial charge in [0.2, 0.25) is 11.8 Å². The van der Waals surface area contributed by atoms with Crippen LogP contribution in [0.2, 0.25) is 0 Å². The van der Waals surface area contributed by atoms with Crippen LogP contribution in [0.5, 0.6) is 0 Å². The summed E-state index contributed by atoms with van der Waals surface area (Å²) < 4.78 is 1.79. The lowest BCUT2D eigenvalue weighted by Gasteiger charge is -2.39. The molecule has 0 bridgehead atoms. The molecule has 2 aliphatic rings. The Balaban J connectivity index is 1.56. The van der Waals surface area contributed by atoms with Crippen molar-refractivity contribution in [3.63, 3.8) is 0 Å². The van der Waals surface area contributed by atoms with Gasteiger partial charge in [-0.05, 0) is 18.1 Å². The average molecular weight is 396 g/mol. The summed E-state index contributed by atoms with van der Waals surface area (Å²) in [5.74, 6) is 0.0142. The second-order valence-corrected chi connectivity index (χ2v) is 8.43. The van der Waals surface area contributed by atoms with E-state index in [1.807, 2.05) is 44.6 Å². The van der Waals surface area contributed by atoms with Crippen LogP contribution in [0.15, 0.2) is 42.7 Å². The summed E-state index contributed by atoms with van der Waals surface area (Å²) in [6, 6.07) is 10.4. The molecule has 2 saturated heterocycles. The summed E-state index contributed by atoms with van der Waals surface area (Å²) in [6.07, 6.45) is 3.88. The Bertz CT molecular complexity index is 880. The fraction of sp³-hybridized carbons (Fsp3) is 0.500. The molecule has 3 atom stereocenters. The molecular formula is C22H29N5O2. The summed E-state index contributed by atoms with van der Waals surface area (Å²) in [5, 5.41) is 4.33. The third-order valence-electron chi connectivity index (χ3n) is 6.20. The zero-order valence-electron chi connectivity index (χ0n) is 17.4. The average Bonchev–Trinajstić information content (AvgIpc) is 3.31. The van der Waals surface area contributed by atoms with E-state index in [4.69, 9.17) is 0 Å². The van der Waals surface area contributed by atoms with E-state index in [-0.39, 0.29) is 36.2 Å². The first-order valence-electron chi connectivity index (χ1n) is 10.2. The number of carbonyl (C=O) groups is 2. The van der Waals surface area contributed by atoms with E-state index in [1.54, 1.807) is 21.5 Å². The van der Waals surface area contributed by atoms with Gasteiger partial charge in [-0.25, -0.2) is 0 Å². The summed E-state index contributed by atoms with van der Waals surface area (Å²) in [6.45, 7) is 5.11. The molecule has 2 amide bonds. The van der Waals surface area contributed by atoms with Crippen molar-refractivity contribution in [2.45, 2.75) is 25.4 Å². The van der Waals surface area contributed by atoms with E-state index in [0.29, 0.717) is 13.1 Å². The molecule has 3 heterocycles. The fourth-order valence-corrected chi connectivity index (χ4v) is 4.60. The molecule has 0 saturated carbocycles. The minimum absolute atomic E-state index is 0.00789. The van der Waals surface area contributed by atoms with Gasteiger partial charge in [0, 0.05) is 58.4 Å². The van der Waals surface area contributed by atoms with Crippen LogP contribution in [0.4, 0.5) is 0 Å². The Morgan fingerprint density at radius 1 is 1.14 bits per heavy atom. The van der Waals surface area contributed by atoms with Crippen molar-refractivity contribution in [1.29, 1.82) is 0 Å². The van der Waals surface area contributed by atoms with E-state index in [2.05, 4.69) is 22.1 Å². The molecule has 2 aliphatic heterocycles. The van der Waals surface area contributed by atoms with Crippen molar-refractivity contribution in [1.82, 2.24) is 24.5 Å². The first kappa shape index (κ1) is 19.6. The lowest BCUT2D eigenvalue weighted by atomic mass is 9.89. The van der Waals surface area contributed by atoms with Crippen molar-refractivity contribution in [3.05, 3.63) is 53.9 Å². The van der Waals surface area contributed by atoms with Gasteiger partial charge in [-0.1, -0.05) is 30.3 Å². The molecule has 0 spiro atoms. The number of carbonyl (C=O) groups excluding carboxylic acids is 2. The largest absolute Gasteiger partial charge is 0.342 e. The van der Waals surface area contributed by atoms with Gasteiger partial charge in [0.15, 0.2) is 0 Å². The zero-order valence-corrected chi connectivity index (χ0v) is 17.4. The molecule has 0 aliphatic carbocycles. The first-order chi connectivity index (χ1) is 13.9. The molecule has 29 heavy (non-hydrogen) atoms. The molecule has 4 rings (SSSR count). The van der Waals surface area contributed by atoms with Crippen LogP contribution < -0.4 is 0 Å². The summed E-state index contributed by atoms with van der Waals surface area (Å²) in [5.41, 5.74) is 2.34. The van der Waals surface area contributed by atoms with Crippen LogP contribution in [0, 0.1) is 5.92 Å². The van der Waals surface area contributed by atoms with Gasteiger partial charge < -0.3 is 9.80 Å². The Hall–Kier alpha value is -2.67. The topological polar surface area (TPSA) is 61.7 Å². The highest BCUT2D eigenvalue weighted by molar-refractivity contribution is 5.88. The van der Waals surface area contributed by atoms with E-state index < -0.39 is 0 Å². The molecule has 2 fully saturated rings. The number of likely N-dealkylation sites (N-methyl/N-ethyl adjacent to an activating group) is 1. The van der Waals surface area contributed by atoms with Gasteiger partial charge in [0.1, 0.15) is 6.54 Å². The molecule has 0 N–H and O–H groups in total. The smallest absolute Gasteiger partial charge is 0.242 e. The summed E-state index contributed by atoms with van der Waals surface area (Å²) in [4.78, 5) is 31.6. The van der Waals surface area contributed by atoms with Gasteiger partial charge in [-0.2, -0.15) is 5.10 Å². The SMILES string of the molecule is CC1CN(C)C(=O)CN1C(=O)[C@@H]1CN(Cc2ccccc2)C[C@H]1c1cnn(C)c1. The number of aromatic nitrogens is 2. The number of benzene rings is 1. The molecule has 1 aromatic heterocycles. The van der Waals surface area contributed by atoms with Crippen molar-refractivity contribution in [2.75, 3.05) is 33.2 Å². The number of piperazine rings is 1.